The lowest BCUT2D eigenvalue weighted by atomic mass is 10.0. The molecule has 3 rings (SSSR count). The summed E-state index contributed by atoms with van der Waals surface area (Å²) in [7, 11) is 0. The van der Waals surface area contributed by atoms with Gasteiger partial charge in [0.25, 0.3) is 5.91 Å². The fourth-order valence-electron chi connectivity index (χ4n) is 3.18. The third-order valence-corrected chi connectivity index (χ3v) is 4.46. The molecule has 0 saturated carbocycles. The lowest BCUT2D eigenvalue weighted by Gasteiger charge is -2.16. The molecule has 2 aromatic rings. The number of benzene rings is 2. The number of carbonyl (C=O) groups excluding carboxylic acids is 1. The van der Waals surface area contributed by atoms with E-state index in [2.05, 4.69) is 23.5 Å². The van der Waals surface area contributed by atoms with Crippen LogP contribution in [0.25, 0.3) is 0 Å². The Kier molecular flexibility index (Phi) is 4.89. The molecule has 1 unspecified atom stereocenters. The second-order valence-corrected chi connectivity index (χ2v) is 6.77. The van der Waals surface area contributed by atoms with Crippen LogP contribution in [-0.4, -0.2) is 12.0 Å². The number of rotatable bonds is 5. The SMILES string of the molecule is CC(C)Oc1ccc(C(=O)NC(C)c2ccc3c(c2)CCC3)cc1. The summed E-state index contributed by atoms with van der Waals surface area (Å²) in [4.78, 5) is 12.4. The minimum atomic E-state index is -0.0564. The quantitative estimate of drug-likeness (QED) is 0.882. The smallest absolute Gasteiger partial charge is 0.251 e. The van der Waals surface area contributed by atoms with E-state index >= 15 is 0 Å². The summed E-state index contributed by atoms with van der Waals surface area (Å²) in [6.45, 7) is 6.00. The highest BCUT2D eigenvalue weighted by atomic mass is 16.5. The summed E-state index contributed by atoms with van der Waals surface area (Å²) >= 11 is 0. The molecule has 0 heterocycles. The molecule has 1 atom stereocenters. The molecule has 126 valence electrons. The van der Waals surface area contributed by atoms with Crippen molar-refractivity contribution in [3.8, 4) is 5.75 Å². The number of amides is 1. The molecule has 3 heteroatoms. The van der Waals surface area contributed by atoms with Crippen molar-refractivity contribution in [2.75, 3.05) is 0 Å². The van der Waals surface area contributed by atoms with Crippen LogP contribution >= 0.6 is 0 Å². The van der Waals surface area contributed by atoms with Crippen LogP contribution in [-0.2, 0) is 12.8 Å². The minimum absolute atomic E-state index is 0.00464. The molecular formula is C21H25NO2. The third-order valence-electron chi connectivity index (χ3n) is 4.46. The number of hydrogen-bond acceptors (Lipinski definition) is 2. The molecule has 0 radical (unpaired) electrons. The lowest BCUT2D eigenvalue weighted by molar-refractivity contribution is 0.0940. The Morgan fingerprint density at radius 2 is 1.71 bits per heavy atom. The van der Waals surface area contributed by atoms with E-state index in [9.17, 15) is 4.79 Å². The first-order valence-electron chi connectivity index (χ1n) is 8.72. The molecule has 0 aliphatic heterocycles. The van der Waals surface area contributed by atoms with Crippen LogP contribution in [0.1, 0.15) is 60.3 Å². The number of carbonyl (C=O) groups is 1. The molecule has 1 N–H and O–H groups in total. The van der Waals surface area contributed by atoms with Crippen LogP contribution in [0.2, 0.25) is 0 Å². The zero-order valence-electron chi connectivity index (χ0n) is 14.6. The number of ether oxygens (including phenoxy) is 1. The van der Waals surface area contributed by atoms with Crippen LogP contribution in [0.15, 0.2) is 42.5 Å². The molecule has 1 amide bonds. The van der Waals surface area contributed by atoms with E-state index < -0.39 is 0 Å². The Morgan fingerprint density at radius 3 is 2.42 bits per heavy atom. The maximum atomic E-state index is 12.4. The number of hydrogen-bond donors (Lipinski definition) is 1. The molecule has 24 heavy (non-hydrogen) atoms. The lowest BCUT2D eigenvalue weighted by Crippen LogP contribution is -2.26. The van der Waals surface area contributed by atoms with Gasteiger partial charge in [-0.2, -0.15) is 0 Å². The van der Waals surface area contributed by atoms with Crippen molar-refractivity contribution in [3.05, 3.63) is 64.7 Å². The average Bonchev–Trinajstić information content (AvgIpc) is 3.02. The Morgan fingerprint density at radius 1 is 1.00 bits per heavy atom. The fraction of sp³-hybridized carbons (Fsp3) is 0.381. The summed E-state index contributed by atoms with van der Waals surface area (Å²) in [5.74, 6) is 0.729. The van der Waals surface area contributed by atoms with Crippen LogP contribution in [0.3, 0.4) is 0 Å². The van der Waals surface area contributed by atoms with Gasteiger partial charge in [-0.15, -0.1) is 0 Å². The van der Waals surface area contributed by atoms with Crippen LogP contribution in [0.4, 0.5) is 0 Å². The second kappa shape index (κ2) is 7.08. The van der Waals surface area contributed by atoms with E-state index in [-0.39, 0.29) is 18.1 Å². The fourth-order valence-corrected chi connectivity index (χ4v) is 3.18. The van der Waals surface area contributed by atoms with Crippen molar-refractivity contribution in [1.29, 1.82) is 0 Å². The second-order valence-electron chi connectivity index (χ2n) is 6.77. The van der Waals surface area contributed by atoms with E-state index in [4.69, 9.17) is 4.74 Å². The van der Waals surface area contributed by atoms with Gasteiger partial charge in [-0.05, 0) is 81.0 Å². The normalized spacial score (nSPS) is 14.3. The first-order chi connectivity index (χ1) is 11.5. The van der Waals surface area contributed by atoms with Crippen LogP contribution < -0.4 is 10.1 Å². The van der Waals surface area contributed by atoms with E-state index in [1.54, 1.807) is 0 Å². The molecule has 2 aromatic carbocycles. The Bertz CT molecular complexity index is 719. The highest BCUT2D eigenvalue weighted by molar-refractivity contribution is 5.94. The van der Waals surface area contributed by atoms with E-state index in [0.29, 0.717) is 5.56 Å². The predicted octanol–water partition coefficient (Wildman–Crippen LogP) is 4.45. The van der Waals surface area contributed by atoms with E-state index in [1.807, 2.05) is 45.0 Å². The topological polar surface area (TPSA) is 38.3 Å². The molecule has 1 aliphatic rings. The first-order valence-corrected chi connectivity index (χ1v) is 8.72. The van der Waals surface area contributed by atoms with Crippen molar-refractivity contribution in [2.24, 2.45) is 0 Å². The maximum absolute atomic E-state index is 12.4. The molecule has 1 aliphatic carbocycles. The van der Waals surface area contributed by atoms with Crippen LogP contribution in [0.5, 0.6) is 5.75 Å². The van der Waals surface area contributed by atoms with Crippen molar-refractivity contribution in [3.63, 3.8) is 0 Å². The molecule has 0 aromatic heterocycles. The average molecular weight is 323 g/mol. The minimum Gasteiger partial charge on any atom is -0.491 e. The standard InChI is InChI=1S/C21H25NO2/c1-14(2)24-20-11-9-17(10-12-20)21(23)22-15(3)18-8-7-16-5-4-6-19(16)13-18/h7-15H,4-6H2,1-3H3,(H,22,23). The van der Waals surface area contributed by atoms with Crippen molar-refractivity contribution in [1.82, 2.24) is 5.32 Å². The van der Waals surface area contributed by atoms with E-state index in [1.165, 1.54) is 29.5 Å². The van der Waals surface area contributed by atoms with Gasteiger partial charge >= 0.3 is 0 Å². The van der Waals surface area contributed by atoms with Gasteiger partial charge in [-0.1, -0.05) is 18.2 Å². The van der Waals surface area contributed by atoms with Gasteiger partial charge in [0.2, 0.25) is 0 Å². The zero-order valence-corrected chi connectivity index (χ0v) is 14.6. The van der Waals surface area contributed by atoms with Gasteiger partial charge < -0.3 is 10.1 Å². The largest absolute Gasteiger partial charge is 0.491 e. The molecule has 0 bridgehead atoms. The van der Waals surface area contributed by atoms with Gasteiger partial charge in [-0.3, -0.25) is 4.79 Å². The Labute approximate surface area is 144 Å². The summed E-state index contributed by atoms with van der Waals surface area (Å²) in [6, 6.07) is 13.9. The van der Waals surface area contributed by atoms with Crippen molar-refractivity contribution >= 4 is 5.91 Å². The molecule has 0 saturated heterocycles. The highest BCUT2D eigenvalue weighted by Crippen LogP contribution is 2.25. The maximum Gasteiger partial charge on any atom is 0.251 e. The van der Waals surface area contributed by atoms with E-state index in [0.717, 1.165) is 12.2 Å². The van der Waals surface area contributed by atoms with Gasteiger partial charge in [0.15, 0.2) is 0 Å². The Balaban J connectivity index is 1.65. The summed E-state index contributed by atoms with van der Waals surface area (Å²) in [6.07, 6.45) is 3.71. The Hall–Kier alpha value is -2.29. The summed E-state index contributed by atoms with van der Waals surface area (Å²) in [5, 5.41) is 3.08. The van der Waals surface area contributed by atoms with Crippen molar-refractivity contribution in [2.45, 2.75) is 52.2 Å². The molecule has 0 fully saturated rings. The van der Waals surface area contributed by atoms with Gasteiger partial charge in [0.1, 0.15) is 5.75 Å². The monoisotopic (exact) mass is 323 g/mol. The molecular weight excluding hydrogens is 298 g/mol. The predicted molar refractivity (Wildman–Crippen MR) is 96.6 cm³/mol. The summed E-state index contributed by atoms with van der Waals surface area (Å²) < 4.78 is 5.61. The van der Waals surface area contributed by atoms with Gasteiger partial charge in [-0.25, -0.2) is 0 Å². The van der Waals surface area contributed by atoms with Crippen molar-refractivity contribution < 1.29 is 9.53 Å². The number of nitrogens with one attached hydrogen (secondary N) is 1. The molecule has 3 nitrogen and oxygen atoms in total. The number of aryl methyl sites for hydroxylation is 2. The summed E-state index contributed by atoms with van der Waals surface area (Å²) in [5.41, 5.74) is 4.71. The highest BCUT2D eigenvalue weighted by Gasteiger charge is 2.15. The molecule has 0 spiro atoms. The zero-order chi connectivity index (χ0) is 17.1. The third kappa shape index (κ3) is 3.78. The van der Waals surface area contributed by atoms with Gasteiger partial charge in [0, 0.05) is 5.56 Å². The van der Waals surface area contributed by atoms with Gasteiger partial charge in [0.05, 0.1) is 12.1 Å². The number of fused-ring (bicyclic) bond motifs is 1. The first kappa shape index (κ1) is 16.6. The van der Waals surface area contributed by atoms with Crippen LogP contribution in [0, 0.1) is 0 Å².